The summed E-state index contributed by atoms with van der Waals surface area (Å²) in [4.78, 5) is 4.62. The quantitative estimate of drug-likeness (QED) is 0.709. The topological polar surface area (TPSA) is 12.9 Å². The van der Waals surface area contributed by atoms with Crippen LogP contribution in [0.3, 0.4) is 0 Å². The van der Waals surface area contributed by atoms with E-state index in [2.05, 4.69) is 51.9 Å². The fourth-order valence-electron chi connectivity index (χ4n) is 1.82. The minimum atomic E-state index is 0.580. The molecule has 1 heteroatoms. The third-order valence-electron chi connectivity index (χ3n) is 3.40. The van der Waals surface area contributed by atoms with Gasteiger partial charge in [0.2, 0.25) is 0 Å². The molecule has 0 spiro atoms. The molecular weight excluding hydrogens is 182 g/mol. The van der Waals surface area contributed by atoms with E-state index in [9.17, 15) is 0 Å². The average Bonchev–Trinajstić information content (AvgIpc) is 2.26. The highest BCUT2D eigenvalue weighted by molar-refractivity contribution is 5.28. The van der Waals surface area contributed by atoms with Crippen LogP contribution in [0.4, 0.5) is 0 Å². The molecule has 0 saturated carbocycles. The second kappa shape index (κ2) is 5.29. The number of rotatable bonds is 4. The van der Waals surface area contributed by atoms with Crippen LogP contribution in [0.1, 0.15) is 69.2 Å². The summed E-state index contributed by atoms with van der Waals surface area (Å²) in [5.74, 6) is 1.21. The molecule has 1 nitrogen and oxygen atoms in total. The standard InChI is InChI=1S/C14H23N/c1-6-10(3)13-8-12(5)14(15-9-13)11(4)7-2/h8-11H,6-7H2,1-5H3. The van der Waals surface area contributed by atoms with Crippen molar-refractivity contribution in [3.8, 4) is 0 Å². The molecule has 0 aliphatic carbocycles. The maximum atomic E-state index is 4.62. The first-order valence-electron chi connectivity index (χ1n) is 6.06. The summed E-state index contributed by atoms with van der Waals surface area (Å²) in [6.45, 7) is 11.1. The number of hydrogen-bond acceptors (Lipinski definition) is 1. The van der Waals surface area contributed by atoms with Crippen molar-refractivity contribution in [3.05, 3.63) is 29.1 Å². The molecule has 15 heavy (non-hydrogen) atoms. The Morgan fingerprint density at radius 3 is 2.20 bits per heavy atom. The Kier molecular flexibility index (Phi) is 4.31. The molecule has 1 aromatic heterocycles. The molecule has 2 unspecified atom stereocenters. The number of aryl methyl sites for hydroxylation is 1. The molecule has 0 aliphatic rings. The Morgan fingerprint density at radius 1 is 1.13 bits per heavy atom. The van der Waals surface area contributed by atoms with Crippen molar-refractivity contribution in [2.45, 2.75) is 59.3 Å². The van der Waals surface area contributed by atoms with Crippen LogP contribution in [0.15, 0.2) is 12.3 Å². The molecule has 0 aromatic carbocycles. The highest BCUT2D eigenvalue weighted by Gasteiger charge is 2.10. The van der Waals surface area contributed by atoms with E-state index in [1.165, 1.54) is 23.2 Å². The SMILES string of the molecule is CCC(C)c1cnc(C(C)CC)c(C)c1. The predicted molar refractivity (Wildman–Crippen MR) is 66.4 cm³/mol. The molecule has 0 saturated heterocycles. The Morgan fingerprint density at radius 2 is 1.73 bits per heavy atom. The average molecular weight is 205 g/mol. The number of aromatic nitrogens is 1. The zero-order valence-corrected chi connectivity index (χ0v) is 10.7. The van der Waals surface area contributed by atoms with E-state index < -0.39 is 0 Å². The largest absolute Gasteiger partial charge is 0.260 e. The van der Waals surface area contributed by atoms with E-state index in [1.54, 1.807) is 0 Å². The smallest absolute Gasteiger partial charge is 0.0460 e. The van der Waals surface area contributed by atoms with Crippen molar-refractivity contribution in [2.24, 2.45) is 0 Å². The lowest BCUT2D eigenvalue weighted by Crippen LogP contribution is -2.02. The molecule has 1 heterocycles. The van der Waals surface area contributed by atoms with Crippen LogP contribution in [0.2, 0.25) is 0 Å². The number of pyridine rings is 1. The molecule has 1 aromatic rings. The van der Waals surface area contributed by atoms with E-state index in [1.807, 2.05) is 0 Å². The second-order valence-corrected chi connectivity index (χ2v) is 4.59. The minimum absolute atomic E-state index is 0.580. The molecule has 0 fully saturated rings. The number of hydrogen-bond donors (Lipinski definition) is 0. The van der Waals surface area contributed by atoms with Crippen molar-refractivity contribution in [1.29, 1.82) is 0 Å². The van der Waals surface area contributed by atoms with Gasteiger partial charge >= 0.3 is 0 Å². The zero-order chi connectivity index (χ0) is 11.4. The fraction of sp³-hybridized carbons (Fsp3) is 0.643. The first-order valence-corrected chi connectivity index (χ1v) is 6.06. The van der Waals surface area contributed by atoms with Crippen LogP contribution in [-0.2, 0) is 0 Å². The van der Waals surface area contributed by atoms with E-state index in [4.69, 9.17) is 0 Å². The minimum Gasteiger partial charge on any atom is -0.260 e. The van der Waals surface area contributed by atoms with Crippen LogP contribution in [0.25, 0.3) is 0 Å². The summed E-state index contributed by atoms with van der Waals surface area (Å²) < 4.78 is 0. The zero-order valence-electron chi connectivity index (χ0n) is 10.7. The van der Waals surface area contributed by atoms with Crippen LogP contribution in [0, 0.1) is 6.92 Å². The van der Waals surface area contributed by atoms with Crippen LogP contribution in [-0.4, -0.2) is 4.98 Å². The van der Waals surface area contributed by atoms with E-state index in [0.717, 1.165) is 6.42 Å². The molecule has 1 rings (SSSR count). The molecule has 2 atom stereocenters. The monoisotopic (exact) mass is 205 g/mol. The summed E-state index contributed by atoms with van der Waals surface area (Å²) in [5.41, 5.74) is 3.99. The van der Waals surface area contributed by atoms with Gasteiger partial charge in [0.1, 0.15) is 0 Å². The second-order valence-electron chi connectivity index (χ2n) is 4.59. The van der Waals surface area contributed by atoms with Crippen molar-refractivity contribution in [1.82, 2.24) is 4.98 Å². The maximum absolute atomic E-state index is 4.62. The Hall–Kier alpha value is -0.850. The normalized spacial score (nSPS) is 15.0. The van der Waals surface area contributed by atoms with Gasteiger partial charge in [0.25, 0.3) is 0 Å². The fourth-order valence-corrected chi connectivity index (χ4v) is 1.82. The van der Waals surface area contributed by atoms with Gasteiger partial charge in [-0.2, -0.15) is 0 Å². The summed E-state index contributed by atoms with van der Waals surface area (Å²) in [6.07, 6.45) is 4.41. The lowest BCUT2D eigenvalue weighted by Gasteiger charge is -2.15. The third-order valence-corrected chi connectivity index (χ3v) is 3.40. The van der Waals surface area contributed by atoms with Gasteiger partial charge in [-0.1, -0.05) is 33.8 Å². The molecular formula is C14H23N. The van der Waals surface area contributed by atoms with Gasteiger partial charge in [0, 0.05) is 11.9 Å². The van der Waals surface area contributed by atoms with E-state index >= 15 is 0 Å². The summed E-state index contributed by atoms with van der Waals surface area (Å²) >= 11 is 0. The van der Waals surface area contributed by atoms with Crippen molar-refractivity contribution in [2.75, 3.05) is 0 Å². The van der Waals surface area contributed by atoms with Crippen molar-refractivity contribution in [3.63, 3.8) is 0 Å². The summed E-state index contributed by atoms with van der Waals surface area (Å²) in [5, 5.41) is 0. The van der Waals surface area contributed by atoms with Crippen LogP contribution >= 0.6 is 0 Å². The molecule has 0 amide bonds. The van der Waals surface area contributed by atoms with Crippen LogP contribution in [0.5, 0.6) is 0 Å². The molecule has 0 aliphatic heterocycles. The van der Waals surface area contributed by atoms with Crippen molar-refractivity contribution >= 4 is 0 Å². The lowest BCUT2D eigenvalue weighted by atomic mass is 9.95. The molecule has 0 N–H and O–H groups in total. The maximum Gasteiger partial charge on any atom is 0.0460 e. The van der Waals surface area contributed by atoms with Gasteiger partial charge in [-0.15, -0.1) is 0 Å². The van der Waals surface area contributed by atoms with Gasteiger partial charge < -0.3 is 0 Å². The highest BCUT2D eigenvalue weighted by atomic mass is 14.7. The van der Waals surface area contributed by atoms with Gasteiger partial charge in [-0.3, -0.25) is 4.98 Å². The highest BCUT2D eigenvalue weighted by Crippen LogP contribution is 2.24. The molecule has 0 bridgehead atoms. The molecule has 84 valence electrons. The van der Waals surface area contributed by atoms with Gasteiger partial charge in [0.05, 0.1) is 0 Å². The summed E-state index contributed by atoms with van der Waals surface area (Å²) in [6, 6.07) is 2.31. The van der Waals surface area contributed by atoms with Gasteiger partial charge in [-0.25, -0.2) is 0 Å². The van der Waals surface area contributed by atoms with Gasteiger partial charge in [0.15, 0.2) is 0 Å². The van der Waals surface area contributed by atoms with Crippen molar-refractivity contribution < 1.29 is 0 Å². The lowest BCUT2D eigenvalue weighted by molar-refractivity contribution is 0.688. The van der Waals surface area contributed by atoms with E-state index in [0.29, 0.717) is 11.8 Å². The Bertz CT molecular complexity index is 317. The third kappa shape index (κ3) is 2.80. The van der Waals surface area contributed by atoms with Crippen LogP contribution < -0.4 is 0 Å². The predicted octanol–water partition coefficient (Wildman–Crippen LogP) is 4.42. The summed E-state index contributed by atoms with van der Waals surface area (Å²) in [7, 11) is 0. The Labute approximate surface area is 93.9 Å². The number of nitrogens with zero attached hydrogens (tertiary/aromatic N) is 1. The Balaban J connectivity index is 2.97. The van der Waals surface area contributed by atoms with Gasteiger partial charge in [-0.05, 0) is 42.7 Å². The first-order chi connectivity index (χ1) is 7.10. The first kappa shape index (κ1) is 12.2. The molecule has 0 radical (unpaired) electrons. The van der Waals surface area contributed by atoms with E-state index in [-0.39, 0.29) is 0 Å².